The van der Waals surface area contributed by atoms with Gasteiger partial charge in [0.05, 0.1) is 5.56 Å². The number of nitrogens with two attached hydrogens (primary N) is 1. The summed E-state index contributed by atoms with van der Waals surface area (Å²) in [7, 11) is 3.19. The first-order valence-electron chi connectivity index (χ1n) is 5.40. The van der Waals surface area contributed by atoms with E-state index in [-0.39, 0.29) is 17.2 Å². The minimum atomic E-state index is -0.669. The molecule has 1 unspecified atom stereocenters. The monoisotopic (exact) mass is 253 g/mol. The number of halogens is 1. The van der Waals surface area contributed by atoms with Crippen LogP contribution in [0.1, 0.15) is 17.3 Å². The number of carbonyl (C=O) groups is 2. The Morgan fingerprint density at radius 1 is 1.39 bits per heavy atom. The summed E-state index contributed by atoms with van der Waals surface area (Å²) in [6, 6.07) is 2.82. The third-order valence-corrected chi connectivity index (χ3v) is 2.42. The van der Waals surface area contributed by atoms with Gasteiger partial charge in [-0.2, -0.15) is 0 Å². The first-order valence-corrected chi connectivity index (χ1v) is 5.40. The van der Waals surface area contributed by atoms with E-state index in [1.807, 2.05) is 0 Å². The topological polar surface area (TPSA) is 75.4 Å². The average Bonchev–Trinajstić information content (AvgIpc) is 2.27. The number of rotatable bonds is 3. The Hall–Kier alpha value is -2.11. The minimum absolute atomic E-state index is 0.0389. The summed E-state index contributed by atoms with van der Waals surface area (Å²) in [4.78, 5) is 24.8. The number of benzene rings is 1. The highest BCUT2D eigenvalue weighted by Crippen LogP contribution is 2.13. The predicted molar refractivity (Wildman–Crippen MR) is 66.4 cm³/mol. The van der Waals surface area contributed by atoms with Crippen molar-refractivity contribution >= 4 is 17.5 Å². The van der Waals surface area contributed by atoms with E-state index in [9.17, 15) is 14.0 Å². The molecule has 0 saturated heterocycles. The number of hydrogen-bond donors (Lipinski definition) is 2. The average molecular weight is 253 g/mol. The van der Waals surface area contributed by atoms with Gasteiger partial charge < -0.3 is 16.0 Å². The first-order chi connectivity index (χ1) is 8.32. The molecule has 0 spiro atoms. The summed E-state index contributed by atoms with van der Waals surface area (Å²) in [6.45, 7) is 1.57. The van der Waals surface area contributed by atoms with Crippen molar-refractivity contribution in [3.05, 3.63) is 29.6 Å². The quantitative estimate of drug-likeness (QED) is 0.775. The number of nitrogens with zero attached hydrogens (tertiary/aromatic N) is 1. The summed E-state index contributed by atoms with van der Waals surface area (Å²) >= 11 is 0. The largest absolute Gasteiger partial charge is 0.398 e. The molecule has 1 atom stereocenters. The molecule has 3 N–H and O–H groups in total. The maximum absolute atomic E-state index is 12.8. The molecule has 6 heteroatoms. The van der Waals surface area contributed by atoms with Crippen LogP contribution in [0.4, 0.5) is 10.1 Å². The summed E-state index contributed by atoms with van der Waals surface area (Å²) in [5, 5.41) is 2.50. The van der Waals surface area contributed by atoms with E-state index in [4.69, 9.17) is 5.73 Å². The fourth-order valence-electron chi connectivity index (χ4n) is 1.46. The van der Waals surface area contributed by atoms with E-state index in [0.29, 0.717) is 0 Å². The van der Waals surface area contributed by atoms with Crippen molar-refractivity contribution < 1.29 is 14.0 Å². The number of likely N-dealkylation sites (N-methyl/N-ethyl adjacent to an activating group) is 1. The maximum atomic E-state index is 12.8. The van der Waals surface area contributed by atoms with E-state index in [1.54, 1.807) is 21.0 Å². The Morgan fingerprint density at radius 2 is 2.00 bits per heavy atom. The Bertz CT molecular complexity index is 474. The molecule has 0 aromatic heterocycles. The van der Waals surface area contributed by atoms with Crippen LogP contribution in [0.5, 0.6) is 0 Å². The van der Waals surface area contributed by atoms with Gasteiger partial charge in [0.25, 0.3) is 5.91 Å². The zero-order valence-electron chi connectivity index (χ0n) is 10.5. The van der Waals surface area contributed by atoms with Crippen molar-refractivity contribution in [1.29, 1.82) is 0 Å². The lowest BCUT2D eigenvalue weighted by atomic mass is 10.1. The van der Waals surface area contributed by atoms with Crippen LogP contribution < -0.4 is 11.1 Å². The summed E-state index contributed by atoms with van der Waals surface area (Å²) in [5.41, 5.74) is 5.72. The molecule has 5 nitrogen and oxygen atoms in total. The molecular weight excluding hydrogens is 237 g/mol. The Labute approximate surface area is 105 Å². The van der Waals surface area contributed by atoms with E-state index >= 15 is 0 Å². The number of nitrogen functional groups attached to an aromatic ring is 1. The third kappa shape index (κ3) is 3.19. The van der Waals surface area contributed by atoms with E-state index in [1.165, 1.54) is 11.0 Å². The lowest BCUT2D eigenvalue weighted by Gasteiger charge is -2.18. The number of nitrogens with one attached hydrogen (secondary N) is 1. The van der Waals surface area contributed by atoms with E-state index in [2.05, 4.69) is 5.32 Å². The van der Waals surface area contributed by atoms with Crippen LogP contribution in [0.25, 0.3) is 0 Å². The molecule has 1 aromatic carbocycles. The van der Waals surface area contributed by atoms with Gasteiger partial charge in [0.1, 0.15) is 11.9 Å². The second-order valence-electron chi connectivity index (χ2n) is 4.16. The molecular formula is C12H16FN3O2. The van der Waals surface area contributed by atoms with Crippen LogP contribution in [0, 0.1) is 5.82 Å². The summed E-state index contributed by atoms with van der Waals surface area (Å²) in [5.74, 6) is -1.25. The van der Waals surface area contributed by atoms with Gasteiger partial charge in [-0.05, 0) is 25.1 Å². The van der Waals surface area contributed by atoms with Gasteiger partial charge in [-0.15, -0.1) is 0 Å². The van der Waals surface area contributed by atoms with Gasteiger partial charge in [-0.25, -0.2) is 4.39 Å². The molecule has 0 saturated carbocycles. The highest BCUT2D eigenvalue weighted by Gasteiger charge is 2.19. The minimum Gasteiger partial charge on any atom is -0.398 e. The van der Waals surface area contributed by atoms with E-state index < -0.39 is 17.8 Å². The van der Waals surface area contributed by atoms with Crippen molar-refractivity contribution in [1.82, 2.24) is 10.2 Å². The molecule has 0 aliphatic heterocycles. The zero-order valence-corrected chi connectivity index (χ0v) is 10.5. The van der Waals surface area contributed by atoms with Crippen molar-refractivity contribution in [3.63, 3.8) is 0 Å². The third-order valence-electron chi connectivity index (χ3n) is 2.42. The van der Waals surface area contributed by atoms with Crippen LogP contribution in [0.3, 0.4) is 0 Å². The van der Waals surface area contributed by atoms with Crippen molar-refractivity contribution in [2.45, 2.75) is 13.0 Å². The van der Waals surface area contributed by atoms with Gasteiger partial charge >= 0.3 is 0 Å². The highest BCUT2D eigenvalue weighted by atomic mass is 19.1. The molecule has 0 aliphatic carbocycles. The molecule has 0 fully saturated rings. The second kappa shape index (κ2) is 5.48. The van der Waals surface area contributed by atoms with Crippen LogP contribution in [-0.4, -0.2) is 36.9 Å². The Kier molecular flexibility index (Phi) is 4.25. The highest BCUT2D eigenvalue weighted by molar-refractivity contribution is 6.01. The standard InChI is InChI=1S/C12H16FN3O2/c1-7(12(18)16(2)3)15-11(17)9-5-4-8(13)6-10(9)14/h4-7H,14H2,1-3H3,(H,15,17). The van der Waals surface area contributed by atoms with Gasteiger partial charge in [0.2, 0.25) is 5.91 Å². The molecule has 98 valence electrons. The van der Waals surface area contributed by atoms with Crippen LogP contribution in [0.15, 0.2) is 18.2 Å². The smallest absolute Gasteiger partial charge is 0.254 e. The predicted octanol–water partition coefficient (Wildman–Crippen LogP) is 0.614. The molecule has 0 radical (unpaired) electrons. The number of carbonyl (C=O) groups excluding carboxylic acids is 2. The number of hydrogen-bond acceptors (Lipinski definition) is 3. The van der Waals surface area contributed by atoms with E-state index in [0.717, 1.165) is 12.1 Å². The first kappa shape index (κ1) is 14.0. The molecule has 2 amide bonds. The van der Waals surface area contributed by atoms with Gasteiger partial charge in [0, 0.05) is 19.8 Å². The van der Waals surface area contributed by atoms with Crippen LogP contribution in [-0.2, 0) is 4.79 Å². The van der Waals surface area contributed by atoms with Crippen LogP contribution in [0.2, 0.25) is 0 Å². The normalized spacial score (nSPS) is 11.8. The van der Waals surface area contributed by atoms with Gasteiger partial charge in [-0.1, -0.05) is 0 Å². The van der Waals surface area contributed by atoms with Crippen molar-refractivity contribution in [3.8, 4) is 0 Å². The lowest BCUT2D eigenvalue weighted by Crippen LogP contribution is -2.44. The van der Waals surface area contributed by atoms with Crippen LogP contribution >= 0.6 is 0 Å². The maximum Gasteiger partial charge on any atom is 0.254 e. The fraction of sp³-hybridized carbons (Fsp3) is 0.333. The molecule has 0 heterocycles. The Morgan fingerprint density at radius 3 is 2.50 bits per heavy atom. The molecule has 18 heavy (non-hydrogen) atoms. The second-order valence-corrected chi connectivity index (χ2v) is 4.16. The summed E-state index contributed by atoms with van der Waals surface area (Å²) < 4.78 is 12.8. The molecule has 0 bridgehead atoms. The number of amides is 2. The molecule has 0 aliphatic rings. The fourth-order valence-corrected chi connectivity index (χ4v) is 1.46. The Balaban J connectivity index is 2.80. The van der Waals surface area contributed by atoms with Crippen molar-refractivity contribution in [2.75, 3.05) is 19.8 Å². The van der Waals surface area contributed by atoms with Crippen molar-refractivity contribution in [2.24, 2.45) is 0 Å². The molecule has 1 aromatic rings. The lowest BCUT2D eigenvalue weighted by molar-refractivity contribution is -0.130. The summed E-state index contributed by atoms with van der Waals surface area (Å²) in [6.07, 6.45) is 0. The van der Waals surface area contributed by atoms with Gasteiger partial charge in [-0.3, -0.25) is 9.59 Å². The number of anilines is 1. The zero-order chi connectivity index (χ0) is 13.9. The molecule has 1 rings (SSSR count). The SMILES string of the molecule is CC(NC(=O)c1ccc(F)cc1N)C(=O)N(C)C. The van der Waals surface area contributed by atoms with Gasteiger partial charge in [0.15, 0.2) is 0 Å².